The molecule has 0 fully saturated rings. The van der Waals surface area contributed by atoms with Crippen LogP contribution in [0.25, 0.3) is 0 Å². The van der Waals surface area contributed by atoms with E-state index < -0.39 is 0 Å². The molecule has 0 saturated heterocycles. The van der Waals surface area contributed by atoms with E-state index in [-0.39, 0.29) is 36.9 Å². The molecule has 21 heavy (non-hydrogen) atoms. The molecule has 0 saturated carbocycles. The molecule has 0 aliphatic rings. The molecule has 2 aromatic rings. The number of hydrogen-bond acceptors (Lipinski definition) is 12. The number of anilines is 1. The molecule has 15 heteroatoms. The molecule has 0 aromatic carbocycles. The van der Waals surface area contributed by atoms with Gasteiger partial charge in [0.05, 0.1) is 0 Å². The summed E-state index contributed by atoms with van der Waals surface area (Å²) in [5, 5.41) is 25.8. The molecule has 0 bridgehead atoms. The second-order valence-electron chi connectivity index (χ2n) is 2.54. The summed E-state index contributed by atoms with van der Waals surface area (Å²) in [4.78, 5) is 15.6. The molecule has 0 atom stereocenters. The third kappa shape index (κ3) is 10.2. The predicted molar refractivity (Wildman–Crippen MR) is 75.8 cm³/mol. The van der Waals surface area contributed by atoms with Crippen molar-refractivity contribution in [2.24, 2.45) is 10.5 Å². The molecular weight excluding hydrogens is 331 g/mol. The number of hydrogen-bond donors (Lipinski definition) is 4. The van der Waals surface area contributed by atoms with Crippen molar-refractivity contribution >= 4 is 35.4 Å². The van der Waals surface area contributed by atoms with Crippen LogP contribution in [0.2, 0.25) is 0 Å². The van der Waals surface area contributed by atoms with Gasteiger partial charge in [0.2, 0.25) is 16.3 Å². The van der Waals surface area contributed by atoms with E-state index in [1.54, 1.807) is 0 Å². The van der Waals surface area contributed by atoms with Crippen molar-refractivity contribution in [1.29, 1.82) is 5.53 Å². The number of nitrogens with two attached hydrogens (primary N) is 1. The molecule has 0 radical (unpaired) electrons. The molecule has 0 spiro atoms. The molecule has 2 aromatic heterocycles. The normalized spacial score (nSPS) is 8.29. The standard InChI is InChI=1S/C3H5N5S.C3H6N4S.HNO2.Na/c1-9-3-5-2(6-4)7-8-3;1-8-3-5-2(4)6-7-3;2-1-3;/h4H,1H3,(H,5,7,8);1H3,(H3,4,5,6,7);(H,2,3);/q;;;+1. The van der Waals surface area contributed by atoms with Gasteiger partial charge in [-0.3, -0.25) is 0 Å². The Balaban J connectivity index is -0.000000260. The van der Waals surface area contributed by atoms with Crippen LogP contribution in [0.5, 0.6) is 0 Å². The Labute approximate surface area is 151 Å². The number of aromatic nitrogens is 6. The quantitative estimate of drug-likeness (QED) is 0.171. The van der Waals surface area contributed by atoms with Crippen molar-refractivity contribution in [3.05, 3.63) is 10.1 Å². The van der Waals surface area contributed by atoms with E-state index >= 15 is 0 Å². The zero-order valence-corrected chi connectivity index (χ0v) is 15.0. The van der Waals surface area contributed by atoms with Crippen molar-refractivity contribution in [3.8, 4) is 0 Å². The third-order valence-electron chi connectivity index (χ3n) is 1.41. The van der Waals surface area contributed by atoms with Crippen molar-refractivity contribution in [2.45, 2.75) is 10.3 Å². The average molecular weight is 343 g/mol. The Hall–Kier alpha value is -1.22. The molecule has 0 unspecified atom stereocenters. The summed E-state index contributed by atoms with van der Waals surface area (Å²) < 4.78 is 0. The van der Waals surface area contributed by atoms with Crippen LogP contribution in [-0.2, 0) is 0 Å². The first-order valence-corrected chi connectivity index (χ1v) is 7.06. The predicted octanol–water partition coefficient (Wildman–Crippen LogP) is -1.34. The fourth-order valence-corrected chi connectivity index (χ4v) is 1.37. The summed E-state index contributed by atoms with van der Waals surface area (Å²) in [6.07, 6.45) is 3.75. The molecule has 5 N–H and O–H groups in total. The maximum absolute atomic E-state index is 8.00. The zero-order valence-electron chi connectivity index (χ0n) is 12.4. The molecule has 12 nitrogen and oxygen atoms in total. The Morgan fingerprint density at radius 2 is 1.71 bits per heavy atom. The van der Waals surface area contributed by atoms with Gasteiger partial charge in [-0.15, -0.1) is 20.7 Å². The summed E-state index contributed by atoms with van der Waals surface area (Å²) >= 11 is 2.86. The zero-order chi connectivity index (χ0) is 15.4. The fourth-order valence-electron chi connectivity index (χ4n) is 0.729. The molecule has 0 aliphatic heterocycles. The van der Waals surface area contributed by atoms with Crippen LogP contribution in [-0.4, -0.2) is 42.9 Å². The first kappa shape index (κ1) is 22.1. The monoisotopic (exact) mass is 343 g/mol. The van der Waals surface area contributed by atoms with Crippen LogP contribution in [0.15, 0.2) is 20.8 Å². The summed E-state index contributed by atoms with van der Waals surface area (Å²) in [7, 11) is 0. The van der Waals surface area contributed by atoms with Gasteiger partial charge in [0.1, 0.15) is 0 Å². The number of nitrogen functional groups attached to an aromatic ring is 1. The van der Waals surface area contributed by atoms with Crippen LogP contribution in [0.1, 0.15) is 1.43 Å². The summed E-state index contributed by atoms with van der Waals surface area (Å²) in [6.45, 7) is 0. The van der Waals surface area contributed by atoms with E-state index in [0.717, 1.165) is 5.34 Å². The SMILES string of the molecule is CSc1n[nH]c(N)n1.CSc1n[nH]c(N=N)n1.O=N[O-].[H+].[Na+]. The van der Waals surface area contributed by atoms with Gasteiger partial charge in [-0.2, -0.15) is 9.97 Å². The Morgan fingerprint density at radius 1 is 1.24 bits per heavy atom. The van der Waals surface area contributed by atoms with Gasteiger partial charge in [-0.1, -0.05) is 23.5 Å². The van der Waals surface area contributed by atoms with Crippen molar-refractivity contribution in [1.82, 2.24) is 30.4 Å². The van der Waals surface area contributed by atoms with Gasteiger partial charge in [-0.25, -0.2) is 15.7 Å². The number of nitrogens with zero attached hydrogens (tertiary/aromatic N) is 6. The maximum atomic E-state index is 8.00. The molecule has 0 amide bonds. The van der Waals surface area contributed by atoms with Crippen molar-refractivity contribution in [2.75, 3.05) is 18.2 Å². The number of H-pyrrole nitrogens is 2. The van der Waals surface area contributed by atoms with Crippen LogP contribution >= 0.6 is 23.5 Å². The molecular formula is C6H12N10NaO2S2+. The van der Waals surface area contributed by atoms with Gasteiger partial charge >= 0.3 is 31.0 Å². The van der Waals surface area contributed by atoms with Gasteiger partial charge in [0.25, 0.3) is 5.95 Å². The van der Waals surface area contributed by atoms with Crippen LogP contribution in [0.4, 0.5) is 11.9 Å². The largest absolute Gasteiger partial charge is 1.00 e. The molecule has 0 aliphatic carbocycles. The van der Waals surface area contributed by atoms with E-state index in [9.17, 15) is 0 Å². The van der Waals surface area contributed by atoms with Gasteiger partial charge in [0, 0.05) is 0 Å². The minimum Gasteiger partial charge on any atom is -0.444 e. The minimum atomic E-state index is 0. The van der Waals surface area contributed by atoms with E-state index in [0.29, 0.717) is 16.3 Å². The van der Waals surface area contributed by atoms with Gasteiger partial charge in [-0.05, 0) is 12.5 Å². The number of nitrogens with one attached hydrogen (secondary N) is 3. The summed E-state index contributed by atoms with van der Waals surface area (Å²) in [5.41, 5.74) is 11.7. The smallest absolute Gasteiger partial charge is 0.444 e. The van der Waals surface area contributed by atoms with E-state index in [1.165, 1.54) is 23.5 Å². The summed E-state index contributed by atoms with van der Waals surface area (Å²) in [5.74, 6) is 0.619. The van der Waals surface area contributed by atoms with Crippen LogP contribution in [0.3, 0.4) is 0 Å². The topological polar surface area (TPSA) is 198 Å². The second-order valence-corrected chi connectivity index (χ2v) is 4.09. The summed E-state index contributed by atoms with van der Waals surface area (Å²) in [6, 6.07) is 0. The fraction of sp³-hybridized carbons (Fsp3) is 0.333. The van der Waals surface area contributed by atoms with Crippen LogP contribution < -0.4 is 35.3 Å². The van der Waals surface area contributed by atoms with Crippen molar-refractivity contribution in [3.63, 3.8) is 0 Å². The second kappa shape index (κ2) is 13.7. The van der Waals surface area contributed by atoms with Crippen molar-refractivity contribution < 1.29 is 31.0 Å². The Bertz CT molecular complexity index is 525. The maximum Gasteiger partial charge on any atom is 1.00 e. The Kier molecular flexibility index (Phi) is 14.4. The van der Waals surface area contributed by atoms with E-state index in [2.05, 4.69) is 35.5 Å². The van der Waals surface area contributed by atoms with E-state index in [4.69, 9.17) is 21.4 Å². The average Bonchev–Trinajstić information content (AvgIpc) is 3.08. The molecule has 110 valence electrons. The number of rotatable bonds is 3. The number of thioether (sulfide) groups is 2. The Morgan fingerprint density at radius 3 is 1.95 bits per heavy atom. The first-order valence-electron chi connectivity index (χ1n) is 4.61. The molecule has 2 rings (SSSR count). The van der Waals surface area contributed by atoms with Gasteiger partial charge < -0.3 is 15.8 Å². The number of aromatic amines is 2. The van der Waals surface area contributed by atoms with Gasteiger partial charge in [0.15, 0.2) is 0 Å². The van der Waals surface area contributed by atoms with Crippen LogP contribution in [0, 0.1) is 15.6 Å². The molecule has 2 heterocycles. The first-order chi connectivity index (χ1) is 9.60. The van der Waals surface area contributed by atoms with E-state index in [1.807, 2.05) is 12.5 Å². The third-order valence-corrected chi connectivity index (χ3v) is 2.50. The minimum absolute atomic E-state index is 0.